The van der Waals surface area contributed by atoms with Crippen LogP contribution in [0, 0.1) is 0 Å². The first-order valence-electron chi connectivity index (χ1n) is 6.89. The molecule has 2 rings (SSSR count). The maximum absolute atomic E-state index is 11.0. The van der Waals surface area contributed by atoms with E-state index in [0.29, 0.717) is 12.3 Å². The van der Waals surface area contributed by atoms with Crippen molar-refractivity contribution in [2.24, 2.45) is 5.73 Å². The zero-order valence-corrected chi connectivity index (χ0v) is 12.2. The van der Waals surface area contributed by atoms with E-state index in [9.17, 15) is 4.79 Å². The van der Waals surface area contributed by atoms with Gasteiger partial charge in [0.1, 0.15) is 5.75 Å². The molecule has 0 saturated heterocycles. The third-order valence-electron chi connectivity index (χ3n) is 3.41. The first-order valence-corrected chi connectivity index (χ1v) is 7.87. The van der Waals surface area contributed by atoms with Gasteiger partial charge in [-0.15, -0.1) is 11.8 Å². The third kappa shape index (κ3) is 3.66. The Hall–Kier alpha value is -1.16. The maximum Gasteiger partial charge on any atom is 0.217 e. The van der Waals surface area contributed by atoms with Crippen LogP contribution in [0.15, 0.2) is 23.1 Å². The van der Waals surface area contributed by atoms with Crippen molar-refractivity contribution in [3.8, 4) is 5.75 Å². The van der Waals surface area contributed by atoms with Crippen LogP contribution in [0.25, 0.3) is 0 Å². The Morgan fingerprint density at radius 2 is 2.32 bits per heavy atom. The van der Waals surface area contributed by atoms with E-state index in [1.165, 1.54) is 10.5 Å². The predicted molar refractivity (Wildman–Crippen MR) is 78.7 cm³/mol. The molecule has 3 nitrogen and oxygen atoms in total. The number of nitrogens with two attached hydrogens (primary N) is 1. The molecule has 1 aliphatic rings. The fourth-order valence-corrected chi connectivity index (χ4v) is 3.58. The van der Waals surface area contributed by atoms with Crippen molar-refractivity contribution in [2.45, 2.75) is 43.4 Å². The van der Waals surface area contributed by atoms with Crippen molar-refractivity contribution >= 4 is 17.7 Å². The minimum Gasteiger partial charge on any atom is -0.492 e. The first-order chi connectivity index (χ1) is 9.22. The molecule has 0 aromatic heterocycles. The Bertz CT molecular complexity index is 448. The minimum atomic E-state index is -0.213. The van der Waals surface area contributed by atoms with Gasteiger partial charge in [-0.25, -0.2) is 0 Å². The molecular weight excluding hydrogens is 258 g/mol. The van der Waals surface area contributed by atoms with Crippen molar-refractivity contribution in [3.05, 3.63) is 23.8 Å². The summed E-state index contributed by atoms with van der Waals surface area (Å²) in [6.45, 7) is 2.96. The van der Waals surface area contributed by atoms with Gasteiger partial charge in [-0.05, 0) is 30.4 Å². The van der Waals surface area contributed by atoms with Crippen LogP contribution in [0.1, 0.15) is 44.1 Å². The number of amides is 1. The SMILES string of the molecule is CCCC(CCC(N)=O)c1cccc2c1SCCO2. The molecule has 1 amide bonds. The van der Waals surface area contributed by atoms with Gasteiger partial charge in [0.15, 0.2) is 0 Å². The summed E-state index contributed by atoms with van der Waals surface area (Å²) < 4.78 is 5.71. The fourth-order valence-electron chi connectivity index (χ4n) is 2.54. The standard InChI is InChI=1S/C15H21NO2S/c1-2-4-11(7-8-14(16)17)12-5-3-6-13-15(12)19-10-9-18-13/h3,5-6,11H,2,4,7-10H2,1H3,(H2,16,17). The molecule has 0 radical (unpaired) electrons. The lowest BCUT2D eigenvalue weighted by molar-refractivity contribution is -0.118. The van der Waals surface area contributed by atoms with E-state index in [-0.39, 0.29) is 5.91 Å². The average Bonchev–Trinajstić information content (AvgIpc) is 2.43. The van der Waals surface area contributed by atoms with Crippen LogP contribution in [0.5, 0.6) is 5.75 Å². The van der Waals surface area contributed by atoms with E-state index in [1.54, 1.807) is 0 Å². The van der Waals surface area contributed by atoms with E-state index in [2.05, 4.69) is 13.0 Å². The molecule has 0 bridgehead atoms. The van der Waals surface area contributed by atoms with Crippen LogP contribution < -0.4 is 10.5 Å². The van der Waals surface area contributed by atoms with Gasteiger partial charge < -0.3 is 10.5 Å². The number of benzene rings is 1. The molecule has 1 unspecified atom stereocenters. The zero-order chi connectivity index (χ0) is 13.7. The number of rotatable bonds is 6. The summed E-state index contributed by atoms with van der Waals surface area (Å²) in [5.41, 5.74) is 6.61. The summed E-state index contributed by atoms with van der Waals surface area (Å²) in [5.74, 6) is 2.18. The molecule has 4 heteroatoms. The number of thioether (sulfide) groups is 1. The molecule has 0 fully saturated rings. The van der Waals surface area contributed by atoms with Crippen LogP contribution in [0.4, 0.5) is 0 Å². The molecule has 1 aliphatic heterocycles. The molecule has 1 aromatic carbocycles. The second-order valence-electron chi connectivity index (χ2n) is 4.86. The van der Waals surface area contributed by atoms with Crippen molar-refractivity contribution in [2.75, 3.05) is 12.4 Å². The molecule has 0 spiro atoms. The number of carbonyl (C=O) groups is 1. The van der Waals surface area contributed by atoms with Gasteiger partial charge in [0.05, 0.1) is 11.5 Å². The molecule has 1 aromatic rings. The van der Waals surface area contributed by atoms with Crippen molar-refractivity contribution < 1.29 is 9.53 Å². The van der Waals surface area contributed by atoms with Gasteiger partial charge in [0, 0.05) is 12.2 Å². The summed E-state index contributed by atoms with van der Waals surface area (Å²) >= 11 is 1.86. The second-order valence-corrected chi connectivity index (χ2v) is 5.97. The highest BCUT2D eigenvalue weighted by Crippen LogP contribution is 2.41. The van der Waals surface area contributed by atoms with Gasteiger partial charge >= 0.3 is 0 Å². The molecule has 1 atom stereocenters. The number of ether oxygens (including phenoxy) is 1. The Morgan fingerprint density at radius 1 is 1.47 bits per heavy atom. The lowest BCUT2D eigenvalue weighted by Crippen LogP contribution is -2.14. The summed E-state index contributed by atoms with van der Waals surface area (Å²) in [7, 11) is 0. The van der Waals surface area contributed by atoms with Crippen molar-refractivity contribution in [1.82, 2.24) is 0 Å². The van der Waals surface area contributed by atoms with Crippen molar-refractivity contribution in [3.63, 3.8) is 0 Å². The lowest BCUT2D eigenvalue weighted by Gasteiger charge is -2.24. The van der Waals surface area contributed by atoms with E-state index >= 15 is 0 Å². The number of carbonyl (C=O) groups excluding carboxylic acids is 1. The third-order valence-corrected chi connectivity index (χ3v) is 4.51. The van der Waals surface area contributed by atoms with E-state index in [0.717, 1.165) is 37.4 Å². The lowest BCUT2D eigenvalue weighted by atomic mass is 9.90. The van der Waals surface area contributed by atoms with Gasteiger partial charge in [-0.3, -0.25) is 4.79 Å². The van der Waals surface area contributed by atoms with Gasteiger partial charge in [0.2, 0.25) is 5.91 Å². The molecule has 2 N–H and O–H groups in total. The van der Waals surface area contributed by atoms with Gasteiger partial charge in [0.25, 0.3) is 0 Å². The van der Waals surface area contributed by atoms with Gasteiger partial charge in [-0.2, -0.15) is 0 Å². The molecule has 0 saturated carbocycles. The molecule has 0 aliphatic carbocycles. The molecule has 1 heterocycles. The number of hydrogen-bond donors (Lipinski definition) is 1. The highest BCUT2D eigenvalue weighted by molar-refractivity contribution is 7.99. The number of fused-ring (bicyclic) bond motifs is 1. The minimum absolute atomic E-state index is 0.213. The first kappa shape index (κ1) is 14.3. The monoisotopic (exact) mass is 279 g/mol. The van der Waals surface area contributed by atoms with E-state index in [1.807, 2.05) is 23.9 Å². The highest BCUT2D eigenvalue weighted by atomic mass is 32.2. The summed E-state index contributed by atoms with van der Waals surface area (Å²) in [5, 5.41) is 0. The Balaban J connectivity index is 2.22. The normalized spacial score (nSPS) is 15.4. The van der Waals surface area contributed by atoms with Crippen LogP contribution in [0.2, 0.25) is 0 Å². The largest absolute Gasteiger partial charge is 0.492 e. The summed E-state index contributed by atoms with van der Waals surface area (Å²) in [6.07, 6.45) is 3.49. The zero-order valence-electron chi connectivity index (χ0n) is 11.4. The highest BCUT2D eigenvalue weighted by Gasteiger charge is 2.21. The Morgan fingerprint density at radius 3 is 3.05 bits per heavy atom. The Labute approximate surface area is 118 Å². The average molecular weight is 279 g/mol. The smallest absolute Gasteiger partial charge is 0.217 e. The summed E-state index contributed by atoms with van der Waals surface area (Å²) in [4.78, 5) is 12.3. The van der Waals surface area contributed by atoms with Crippen LogP contribution in [-0.2, 0) is 4.79 Å². The number of hydrogen-bond acceptors (Lipinski definition) is 3. The maximum atomic E-state index is 11.0. The van der Waals surface area contributed by atoms with Crippen molar-refractivity contribution in [1.29, 1.82) is 0 Å². The molecular formula is C15H21NO2S. The Kier molecular flexibility index (Phi) is 5.14. The van der Waals surface area contributed by atoms with Gasteiger partial charge in [-0.1, -0.05) is 25.5 Å². The van der Waals surface area contributed by atoms with E-state index < -0.39 is 0 Å². The van der Waals surface area contributed by atoms with E-state index in [4.69, 9.17) is 10.5 Å². The topological polar surface area (TPSA) is 52.3 Å². The summed E-state index contributed by atoms with van der Waals surface area (Å²) in [6, 6.07) is 6.25. The van der Waals surface area contributed by atoms with Crippen LogP contribution in [-0.4, -0.2) is 18.3 Å². The van der Waals surface area contributed by atoms with Crippen LogP contribution >= 0.6 is 11.8 Å². The number of primary amides is 1. The van der Waals surface area contributed by atoms with Crippen LogP contribution in [0.3, 0.4) is 0 Å². The predicted octanol–water partition coefficient (Wildman–Crippen LogP) is 3.32. The fraction of sp³-hybridized carbons (Fsp3) is 0.533. The molecule has 104 valence electrons. The molecule has 19 heavy (non-hydrogen) atoms. The quantitative estimate of drug-likeness (QED) is 0.869. The second kappa shape index (κ2) is 6.85.